The van der Waals surface area contributed by atoms with Crippen molar-refractivity contribution in [2.24, 2.45) is 0 Å². The number of halogens is 1. The summed E-state index contributed by atoms with van der Waals surface area (Å²) in [5.74, 6) is 0.620. The Labute approximate surface area is 208 Å². The lowest BCUT2D eigenvalue weighted by molar-refractivity contribution is -0.138. The molecule has 0 saturated heterocycles. The predicted octanol–water partition coefficient (Wildman–Crippen LogP) is 5.26. The maximum absolute atomic E-state index is 13.2. The van der Waals surface area contributed by atoms with E-state index in [1.165, 1.54) is 0 Å². The van der Waals surface area contributed by atoms with Gasteiger partial charge < -0.3 is 24.8 Å². The monoisotopic (exact) mass is 492 g/mol. The summed E-state index contributed by atoms with van der Waals surface area (Å²) >= 11 is 6.28. The fraction of sp³-hybridized carbons (Fsp3) is 0.185. The zero-order valence-corrected chi connectivity index (χ0v) is 20.1. The number of hydrogen-bond donors (Lipinski definition) is 2. The molecule has 0 bridgehead atoms. The Morgan fingerprint density at radius 1 is 1.00 bits per heavy atom. The topological polar surface area (TPSA) is 85.9 Å². The van der Waals surface area contributed by atoms with E-state index in [0.29, 0.717) is 33.3 Å². The highest BCUT2D eigenvalue weighted by molar-refractivity contribution is 6.31. The van der Waals surface area contributed by atoms with Gasteiger partial charge in [0.15, 0.2) is 0 Å². The van der Waals surface area contributed by atoms with Crippen molar-refractivity contribution in [1.82, 2.24) is 10.6 Å². The molecular formula is C27H25ClN2O5. The van der Waals surface area contributed by atoms with Crippen LogP contribution in [0.3, 0.4) is 0 Å². The van der Waals surface area contributed by atoms with Crippen LogP contribution in [0.15, 0.2) is 78.4 Å². The van der Waals surface area contributed by atoms with Crippen LogP contribution in [0.4, 0.5) is 4.79 Å². The van der Waals surface area contributed by atoms with Crippen LogP contribution in [-0.2, 0) is 16.1 Å². The quantitative estimate of drug-likeness (QED) is 0.419. The second kappa shape index (κ2) is 11.0. The van der Waals surface area contributed by atoms with Gasteiger partial charge in [-0.05, 0) is 48.9 Å². The summed E-state index contributed by atoms with van der Waals surface area (Å²) in [6, 6.07) is 20.5. The maximum atomic E-state index is 13.2. The lowest BCUT2D eigenvalue weighted by Gasteiger charge is -2.30. The van der Waals surface area contributed by atoms with Crippen molar-refractivity contribution in [3.63, 3.8) is 0 Å². The van der Waals surface area contributed by atoms with Crippen LogP contribution >= 0.6 is 11.6 Å². The molecular weight excluding hydrogens is 468 g/mol. The normalized spacial score (nSPS) is 15.2. The number of carbonyl (C=O) groups is 2. The maximum Gasteiger partial charge on any atom is 0.338 e. The van der Waals surface area contributed by atoms with E-state index in [9.17, 15) is 9.59 Å². The third kappa shape index (κ3) is 5.41. The van der Waals surface area contributed by atoms with Gasteiger partial charge >= 0.3 is 12.0 Å². The summed E-state index contributed by atoms with van der Waals surface area (Å²) in [5, 5.41) is 6.22. The molecule has 2 amide bonds. The first-order valence-corrected chi connectivity index (χ1v) is 11.5. The van der Waals surface area contributed by atoms with Gasteiger partial charge in [-0.2, -0.15) is 0 Å². The number of benzene rings is 3. The van der Waals surface area contributed by atoms with Crippen LogP contribution < -0.4 is 20.1 Å². The van der Waals surface area contributed by atoms with E-state index >= 15 is 0 Å². The molecule has 1 unspecified atom stereocenters. The van der Waals surface area contributed by atoms with Gasteiger partial charge in [-0.1, -0.05) is 48.0 Å². The molecule has 3 aromatic carbocycles. The third-order valence-corrected chi connectivity index (χ3v) is 5.89. The van der Waals surface area contributed by atoms with Crippen molar-refractivity contribution < 1.29 is 23.8 Å². The largest absolute Gasteiger partial charge is 0.497 e. The second-order valence-corrected chi connectivity index (χ2v) is 8.09. The molecule has 0 aliphatic carbocycles. The highest BCUT2D eigenvalue weighted by atomic mass is 35.5. The smallest absolute Gasteiger partial charge is 0.338 e. The molecule has 180 valence electrons. The van der Waals surface area contributed by atoms with E-state index in [1.54, 1.807) is 50.4 Å². The Morgan fingerprint density at radius 2 is 1.71 bits per heavy atom. The van der Waals surface area contributed by atoms with Gasteiger partial charge in [0, 0.05) is 16.1 Å². The third-order valence-electron chi connectivity index (χ3n) is 5.52. The first-order chi connectivity index (χ1) is 17.0. The standard InChI is InChI=1S/C27H25ClN2O5/c1-3-34-26(31)23-24(17-12-14-19(33-2)15-13-17)29-27(32)30-25(23)20-9-5-7-11-22(20)35-16-18-8-4-6-10-21(18)28/h4-15,25H,3,16H2,1-2H3,(H2,29,30,32). The Hall–Kier alpha value is -3.97. The van der Waals surface area contributed by atoms with E-state index in [4.69, 9.17) is 25.8 Å². The molecule has 2 N–H and O–H groups in total. The van der Waals surface area contributed by atoms with Crippen LogP contribution in [0.5, 0.6) is 11.5 Å². The second-order valence-electron chi connectivity index (χ2n) is 7.69. The zero-order valence-electron chi connectivity index (χ0n) is 19.3. The molecule has 1 aliphatic heterocycles. The van der Waals surface area contributed by atoms with E-state index in [-0.39, 0.29) is 18.8 Å². The van der Waals surface area contributed by atoms with Gasteiger partial charge in [0.25, 0.3) is 0 Å². The number of urea groups is 1. The molecule has 8 heteroatoms. The van der Waals surface area contributed by atoms with Gasteiger partial charge in [-0.3, -0.25) is 0 Å². The first-order valence-electron chi connectivity index (χ1n) is 11.1. The average Bonchev–Trinajstić information content (AvgIpc) is 2.88. The highest BCUT2D eigenvalue weighted by Crippen LogP contribution is 2.37. The van der Waals surface area contributed by atoms with Crippen molar-refractivity contribution in [2.75, 3.05) is 13.7 Å². The predicted molar refractivity (Wildman–Crippen MR) is 133 cm³/mol. The Bertz CT molecular complexity index is 1260. The van der Waals surface area contributed by atoms with Crippen LogP contribution in [-0.4, -0.2) is 25.7 Å². The Balaban J connectivity index is 1.77. The minimum absolute atomic E-state index is 0.184. The number of nitrogens with one attached hydrogen (secondary N) is 2. The van der Waals surface area contributed by atoms with Crippen molar-refractivity contribution >= 4 is 29.3 Å². The van der Waals surface area contributed by atoms with E-state index in [2.05, 4.69) is 10.6 Å². The fourth-order valence-electron chi connectivity index (χ4n) is 3.83. The first kappa shape index (κ1) is 24.2. The molecule has 0 saturated carbocycles. The molecule has 3 aromatic rings. The SMILES string of the molecule is CCOC(=O)C1=C(c2ccc(OC)cc2)NC(=O)NC1c1ccccc1OCc1ccccc1Cl. The minimum atomic E-state index is -0.803. The van der Waals surface area contributed by atoms with E-state index in [1.807, 2.05) is 36.4 Å². The summed E-state index contributed by atoms with van der Waals surface area (Å²) in [7, 11) is 1.57. The number of carbonyl (C=O) groups excluding carboxylic acids is 2. The number of amides is 2. The Kier molecular flexibility index (Phi) is 7.57. The molecule has 7 nitrogen and oxygen atoms in total. The van der Waals surface area contributed by atoms with Crippen LogP contribution in [0.25, 0.3) is 5.70 Å². The van der Waals surface area contributed by atoms with Crippen LogP contribution in [0.1, 0.15) is 29.7 Å². The van der Waals surface area contributed by atoms with Gasteiger partial charge in [0.2, 0.25) is 0 Å². The number of para-hydroxylation sites is 1. The van der Waals surface area contributed by atoms with Crippen molar-refractivity contribution in [1.29, 1.82) is 0 Å². The molecule has 4 rings (SSSR count). The lowest BCUT2D eigenvalue weighted by Crippen LogP contribution is -2.45. The van der Waals surface area contributed by atoms with Gasteiger partial charge in [-0.15, -0.1) is 0 Å². The molecule has 1 heterocycles. The highest BCUT2D eigenvalue weighted by Gasteiger charge is 2.35. The van der Waals surface area contributed by atoms with Crippen LogP contribution in [0, 0.1) is 0 Å². The summed E-state index contributed by atoms with van der Waals surface area (Å²) in [6.07, 6.45) is 0. The van der Waals surface area contributed by atoms with E-state index < -0.39 is 18.0 Å². The van der Waals surface area contributed by atoms with Gasteiger partial charge in [0.05, 0.1) is 31.0 Å². The number of rotatable bonds is 8. The lowest BCUT2D eigenvalue weighted by atomic mass is 9.92. The summed E-state index contributed by atoms with van der Waals surface area (Å²) in [4.78, 5) is 25.9. The molecule has 0 radical (unpaired) electrons. The number of ether oxygens (including phenoxy) is 3. The van der Waals surface area contributed by atoms with Crippen LogP contribution in [0.2, 0.25) is 5.02 Å². The average molecular weight is 493 g/mol. The fourth-order valence-corrected chi connectivity index (χ4v) is 4.02. The van der Waals surface area contributed by atoms with E-state index in [0.717, 1.165) is 5.56 Å². The Morgan fingerprint density at radius 3 is 2.43 bits per heavy atom. The molecule has 1 aliphatic rings. The number of esters is 1. The molecule has 35 heavy (non-hydrogen) atoms. The van der Waals surface area contributed by atoms with Gasteiger partial charge in [0.1, 0.15) is 18.1 Å². The number of methoxy groups -OCH3 is 1. The van der Waals surface area contributed by atoms with Crippen molar-refractivity contribution in [2.45, 2.75) is 19.6 Å². The molecule has 0 spiro atoms. The summed E-state index contributed by atoms with van der Waals surface area (Å²) in [5.41, 5.74) is 2.70. The van der Waals surface area contributed by atoms with Crippen molar-refractivity contribution in [3.8, 4) is 11.5 Å². The minimum Gasteiger partial charge on any atom is -0.497 e. The van der Waals surface area contributed by atoms with Crippen molar-refractivity contribution in [3.05, 3.63) is 100 Å². The number of hydrogen-bond acceptors (Lipinski definition) is 5. The zero-order chi connectivity index (χ0) is 24.8. The summed E-state index contributed by atoms with van der Waals surface area (Å²) < 4.78 is 16.7. The molecule has 0 aromatic heterocycles. The molecule has 0 fully saturated rings. The molecule has 1 atom stereocenters. The van der Waals surface area contributed by atoms with Gasteiger partial charge in [-0.25, -0.2) is 9.59 Å². The summed E-state index contributed by atoms with van der Waals surface area (Å²) in [6.45, 7) is 2.14.